The van der Waals surface area contributed by atoms with Gasteiger partial charge < -0.3 is 15.2 Å². The topological polar surface area (TPSA) is 54.4 Å². The molecule has 100 valence electrons. The summed E-state index contributed by atoms with van der Waals surface area (Å²) in [7, 11) is 1.64. The molecule has 1 aromatic carbocycles. The predicted molar refractivity (Wildman–Crippen MR) is 75.7 cm³/mol. The molecule has 0 spiro atoms. The molecule has 4 heteroatoms. The van der Waals surface area contributed by atoms with Crippen LogP contribution in [0.15, 0.2) is 30.3 Å². The van der Waals surface area contributed by atoms with Crippen molar-refractivity contribution in [3.8, 4) is 11.5 Å². The maximum Gasteiger partial charge on any atom is 0.138 e. The Kier molecular flexibility index (Phi) is 3.90. The van der Waals surface area contributed by atoms with Crippen LogP contribution in [0.4, 0.5) is 5.69 Å². The summed E-state index contributed by atoms with van der Waals surface area (Å²) in [6.07, 6.45) is 0. The van der Waals surface area contributed by atoms with Crippen molar-refractivity contribution in [3.63, 3.8) is 0 Å². The molecule has 0 radical (unpaired) electrons. The monoisotopic (exact) mass is 258 g/mol. The number of pyridine rings is 1. The van der Waals surface area contributed by atoms with Gasteiger partial charge in [-0.3, -0.25) is 4.98 Å². The summed E-state index contributed by atoms with van der Waals surface area (Å²) in [5, 5.41) is 13.0. The maximum absolute atomic E-state index is 9.76. The van der Waals surface area contributed by atoms with Gasteiger partial charge in [0.15, 0.2) is 0 Å². The van der Waals surface area contributed by atoms with E-state index in [1.54, 1.807) is 19.2 Å². The molecule has 0 aliphatic rings. The van der Waals surface area contributed by atoms with Gasteiger partial charge >= 0.3 is 0 Å². The van der Waals surface area contributed by atoms with E-state index in [2.05, 4.69) is 10.3 Å². The van der Waals surface area contributed by atoms with Crippen molar-refractivity contribution in [2.24, 2.45) is 0 Å². The number of aromatic hydroxyl groups is 1. The van der Waals surface area contributed by atoms with Gasteiger partial charge in [0, 0.05) is 17.4 Å². The molecule has 1 heterocycles. The fraction of sp³-hybridized carbons (Fsp3) is 0.267. The lowest BCUT2D eigenvalue weighted by Gasteiger charge is -2.12. The number of ether oxygens (including phenoxy) is 1. The number of aromatic nitrogens is 1. The van der Waals surface area contributed by atoms with Gasteiger partial charge in [-0.1, -0.05) is 6.07 Å². The lowest BCUT2D eigenvalue weighted by molar-refractivity contribution is 0.415. The van der Waals surface area contributed by atoms with Crippen molar-refractivity contribution < 1.29 is 9.84 Å². The largest absolute Gasteiger partial charge is 0.506 e. The molecule has 0 saturated carbocycles. The number of aryl methyl sites for hydroxylation is 2. The first kappa shape index (κ1) is 13.2. The highest BCUT2D eigenvalue weighted by molar-refractivity contribution is 5.55. The molecule has 4 nitrogen and oxygen atoms in total. The van der Waals surface area contributed by atoms with E-state index in [-0.39, 0.29) is 5.75 Å². The Hall–Kier alpha value is -2.23. The van der Waals surface area contributed by atoms with E-state index in [4.69, 9.17) is 4.74 Å². The highest BCUT2D eigenvalue weighted by Gasteiger charge is 2.05. The normalized spacial score (nSPS) is 10.3. The van der Waals surface area contributed by atoms with Crippen molar-refractivity contribution in [2.75, 3.05) is 12.4 Å². The van der Waals surface area contributed by atoms with Crippen LogP contribution in [-0.4, -0.2) is 17.2 Å². The fourth-order valence-electron chi connectivity index (χ4n) is 1.83. The van der Waals surface area contributed by atoms with Crippen molar-refractivity contribution in [2.45, 2.75) is 20.4 Å². The van der Waals surface area contributed by atoms with Crippen molar-refractivity contribution in [1.29, 1.82) is 0 Å². The quantitative estimate of drug-likeness (QED) is 0.885. The van der Waals surface area contributed by atoms with E-state index < -0.39 is 0 Å². The molecule has 0 aliphatic heterocycles. The first-order valence-electron chi connectivity index (χ1n) is 6.14. The highest BCUT2D eigenvalue weighted by atomic mass is 16.5. The van der Waals surface area contributed by atoms with E-state index in [1.807, 2.05) is 32.0 Å². The van der Waals surface area contributed by atoms with Crippen molar-refractivity contribution >= 4 is 5.69 Å². The summed E-state index contributed by atoms with van der Waals surface area (Å²) in [5.74, 6) is 1.01. The number of hydrogen-bond donors (Lipinski definition) is 2. The van der Waals surface area contributed by atoms with Crippen LogP contribution in [0, 0.1) is 13.8 Å². The van der Waals surface area contributed by atoms with Crippen LogP contribution in [0.5, 0.6) is 11.5 Å². The number of nitrogens with one attached hydrogen (secondary N) is 1. The van der Waals surface area contributed by atoms with E-state index >= 15 is 0 Å². The van der Waals surface area contributed by atoms with Gasteiger partial charge in [-0.2, -0.15) is 0 Å². The smallest absolute Gasteiger partial charge is 0.138 e. The second-order valence-electron chi connectivity index (χ2n) is 4.45. The molecule has 0 saturated heterocycles. The molecule has 0 atom stereocenters. The molecule has 2 N–H and O–H groups in total. The zero-order valence-corrected chi connectivity index (χ0v) is 11.4. The minimum atomic E-state index is 0.207. The van der Waals surface area contributed by atoms with Gasteiger partial charge in [0.2, 0.25) is 0 Å². The molecule has 0 fully saturated rings. The number of rotatable bonds is 4. The van der Waals surface area contributed by atoms with Gasteiger partial charge in [-0.25, -0.2) is 0 Å². The Bertz CT molecular complexity index is 582. The molecule has 1 aromatic heterocycles. The van der Waals surface area contributed by atoms with Crippen LogP contribution in [0.2, 0.25) is 0 Å². The Balaban J connectivity index is 2.16. The fourth-order valence-corrected chi connectivity index (χ4v) is 1.83. The minimum Gasteiger partial charge on any atom is -0.506 e. The Labute approximate surface area is 113 Å². The van der Waals surface area contributed by atoms with Crippen molar-refractivity contribution in [1.82, 2.24) is 4.98 Å². The van der Waals surface area contributed by atoms with Crippen LogP contribution in [0.3, 0.4) is 0 Å². The van der Waals surface area contributed by atoms with Crippen LogP contribution < -0.4 is 10.1 Å². The zero-order valence-electron chi connectivity index (χ0n) is 11.4. The first-order valence-corrected chi connectivity index (χ1v) is 6.14. The predicted octanol–water partition coefficient (Wildman–Crippen LogP) is 3.02. The van der Waals surface area contributed by atoms with Crippen LogP contribution in [-0.2, 0) is 6.54 Å². The Morgan fingerprint density at radius 2 is 2.00 bits per heavy atom. The van der Waals surface area contributed by atoms with Gasteiger partial charge in [-0.05, 0) is 37.6 Å². The maximum atomic E-state index is 9.76. The lowest BCUT2D eigenvalue weighted by atomic mass is 10.2. The molecule has 2 rings (SSSR count). The number of nitrogens with zero attached hydrogens (tertiary/aromatic N) is 1. The molecule has 0 unspecified atom stereocenters. The highest BCUT2D eigenvalue weighted by Crippen LogP contribution is 2.23. The third-order valence-corrected chi connectivity index (χ3v) is 2.98. The van der Waals surface area contributed by atoms with Crippen molar-refractivity contribution in [3.05, 3.63) is 47.3 Å². The number of methoxy groups -OCH3 is 1. The van der Waals surface area contributed by atoms with E-state index in [9.17, 15) is 5.11 Å². The second kappa shape index (κ2) is 5.61. The average molecular weight is 258 g/mol. The van der Waals surface area contributed by atoms with Gasteiger partial charge in [0.25, 0.3) is 0 Å². The summed E-state index contributed by atoms with van der Waals surface area (Å²) in [4.78, 5) is 4.32. The summed E-state index contributed by atoms with van der Waals surface area (Å²) in [6.45, 7) is 4.40. The third-order valence-electron chi connectivity index (χ3n) is 2.98. The van der Waals surface area contributed by atoms with Crippen LogP contribution >= 0.6 is 0 Å². The molecule has 2 aromatic rings. The minimum absolute atomic E-state index is 0.207. The molecular weight excluding hydrogens is 240 g/mol. The SMILES string of the molecule is COc1ccc(C)c(NCc2nc(C)ccc2O)c1. The molecule has 0 aliphatic carbocycles. The number of hydrogen-bond acceptors (Lipinski definition) is 4. The van der Waals surface area contributed by atoms with Crippen LogP contribution in [0.25, 0.3) is 0 Å². The van der Waals surface area contributed by atoms with E-state index in [0.29, 0.717) is 12.2 Å². The zero-order chi connectivity index (χ0) is 13.8. The first-order chi connectivity index (χ1) is 9.10. The summed E-state index contributed by atoms with van der Waals surface area (Å²) >= 11 is 0. The molecule has 0 amide bonds. The van der Waals surface area contributed by atoms with Gasteiger partial charge in [0.05, 0.1) is 13.7 Å². The number of anilines is 1. The average Bonchev–Trinajstić information content (AvgIpc) is 2.41. The third kappa shape index (κ3) is 3.16. The van der Waals surface area contributed by atoms with E-state index in [0.717, 1.165) is 22.7 Å². The Morgan fingerprint density at radius 1 is 1.21 bits per heavy atom. The second-order valence-corrected chi connectivity index (χ2v) is 4.45. The Morgan fingerprint density at radius 3 is 2.74 bits per heavy atom. The lowest BCUT2D eigenvalue weighted by Crippen LogP contribution is -2.04. The molecular formula is C15H18N2O2. The summed E-state index contributed by atoms with van der Waals surface area (Å²) in [6, 6.07) is 9.29. The molecule has 19 heavy (non-hydrogen) atoms. The standard InChI is InChI=1S/C15H18N2O2/c1-10-4-6-12(19-3)8-13(10)16-9-14-15(18)7-5-11(2)17-14/h4-8,16,18H,9H2,1-3H3. The summed E-state index contributed by atoms with van der Waals surface area (Å²) < 4.78 is 5.20. The van der Waals surface area contributed by atoms with Gasteiger partial charge in [-0.15, -0.1) is 0 Å². The number of benzene rings is 1. The summed E-state index contributed by atoms with van der Waals surface area (Å²) in [5.41, 5.74) is 3.62. The molecule has 0 bridgehead atoms. The van der Waals surface area contributed by atoms with Gasteiger partial charge in [0.1, 0.15) is 17.2 Å². The van der Waals surface area contributed by atoms with Crippen LogP contribution in [0.1, 0.15) is 17.0 Å². The van der Waals surface area contributed by atoms with E-state index in [1.165, 1.54) is 0 Å².